The molecule has 0 aliphatic heterocycles. The maximum Gasteiger partial charge on any atom is 0.0593 e. The van der Waals surface area contributed by atoms with Gasteiger partial charge in [-0.2, -0.15) is 12.6 Å². The van der Waals surface area contributed by atoms with E-state index in [9.17, 15) is 0 Å². The van der Waals surface area contributed by atoms with Crippen molar-refractivity contribution in [1.82, 2.24) is 4.90 Å². The average molecular weight is 203 g/mol. The van der Waals surface area contributed by atoms with Gasteiger partial charge in [-0.1, -0.05) is 19.1 Å². The molecule has 3 heteroatoms. The Hall–Kier alpha value is 0.01000. The van der Waals surface area contributed by atoms with Gasteiger partial charge in [-0.15, -0.1) is 0 Å². The minimum atomic E-state index is 0.810. The van der Waals surface area contributed by atoms with Crippen LogP contribution >= 0.6 is 12.6 Å². The van der Waals surface area contributed by atoms with E-state index in [0.29, 0.717) is 0 Å². The summed E-state index contributed by atoms with van der Waals surface area (Å²) in [5.74, 6) is 0.822. The van der Waals surface area contributed by atoms with E-state index in [0.717, 1.165) is 38.6 Å². The molecular formula is C10H21NOS. The third-order valence-corrected chi connectivity index (χ3v) is 2.05. The van der Waals surface area contributed by atoms with E-state index in [1.54, 1.807) is 0 Å². The molecule has 13 heavy (non-hydrogen) atoms. The lowest BCUT2D eigenvalue weighted by atomic mass is 10.4. The summed E-state index contributed by atoms with van der Waals surface area (Å²) in [5.41, 5.74) is 0. The lowest BCUT2D eigenvalue weighted by molar-refractivity contribution is 0.119. The fraction of sp³-hybridized carbons (Fsp3) is 0.800. The maximum atomic E-state index is 5.29. The molecule has 0 N–H and O–H groups in total. The van der Waals surface area contributed by atoms with E-state index < -0.39 is 0 Å². The summed E-state index contributed by atoms with van der Waals surface area (Å²) in [4.78, 5) is 2.34. The smallest absolute Gasteiger partial charge is 0.0593 e. The van der Waals surface area contributed by atoms with Crippen molar-refractivity contribution in [2.45, 2.75) is 13.8 Å². The van der Waals surface area contributed by atoms with Gasteiger partial charge in [-0.05, 0) is 13.5 Å². The number of likely N-dealkylation sites (N-methyl/N-ethyl adjacent to an activating group) is 1. The molecule has 0 aliphatic rings. The normalized spacial score (nSPS) is 11.7. The van der Waals surface area contributed by atoms with Crippen LogP contribution in [0.4, 0.5) is 0 Å². The summed E-state index contributed by atoms with van der Waals surface area (Å²) < 4.78 is 5.29. The predicted molar refractivity (Wildman–Crippen MR) is 61.6 cm³/mol. The molecule has 0 heterocycles. The second-order valence-corrected chi connectivity index (χ2v) is 3.11. The maximum absolute atomic E-state index is 5.29. The summed E-state index contributed by atoms with van der Waals surface area (Å²) in [6, 6.07) is 0. The molecule has 0 aromatic rings. The second-order valence-electron chi connectivity index (χ2n) is 2.74. The van der Waals surface area contributed by atoms with Crippen molar-refractivity contribution in [3.63, 3.8) is 0 Å². The van der Waals surface area contributed by atoms with Gasteiger partial charge in [0.05, 0.1) is 6.61 Å². The Morgan fingerprint density at radius 3 is 2.62 bits per heavy atom. The van der Waals surface area contributed by atoms with Crippen LogP contribution < -0.4 is 0 Å². The largest absolute Gasteiger partial charge is 0.380 e. The molecule has 0 aromatic carbocycles. The zero-order valence-electron chi connectivity index (χ0n) is 8.70. The number of ether oxygens (including phenoxy) is 1. The van der Waals surface area contributed by atoms with Crippen LogP contribution in [0.15, 0.2) is 12.2 Å². The van der Waals surface area contributed by atoms with Crippen LogP contribution in [0.2, 0.25) is 0 Å². The van der Waals surface area contributed by atoms with Gasteiger partial charge in [0.1, 0.15) is 0 Å². The quantitative estimate of drug-likeness (QED) is 0.367. The standard InChI is InChI=1S/C10H21NOS/c1-3-11(7-5-6-10-13)8-9-12-4-2/h5-6,13H,3-4,7-10H2,1-2H3. The SMILES string of the molecule is CCOCCN(CC)CC=CCS. The zero-order chi connectivity index (χ0) is 9.94. The van der Waals surface area contributed by atoms with Crippen molar-refractivity contribution >= 4 is 12.6 Å². The second kappa shape index (κ2) is 10.1. The van der Waals surface area contributed by atoms with Crippen LogP contribution in [0.5, 0.6) is 0 Å². The molecule has 0 saturated carbocycles. The van der Waals surface area contributed by atoms with E-state index >= 15 is 0 Å². The minimum absolute atomic E-state index is 0.810. The number of rotatable bonds is 8. The topological polar surface area (TPSA) is 12.5 Å². The number of nitrogens with zero attached hydrogens (tertiary/aromatic N) is 1. The Bertz CT molecular complexity index is 128. The van der Waals surface area contributed by atoms with Crippen LogP contribution in [0.3, 0.4) is 0 Å². The van der Waals surface area contributed by atoms with Crippen LogP contribution in [0, 0.1) is 0 Å². The van der Waals surface area contributed by atoms with Crippen molar-refractivity contribution in [1.29, 1.82) is 0 Å². The van der Waals surface area contributed by atoms with Crippen molar-refractivity contribution in [3.8, 4) is 0 Å². The van der Waals surface area contributed by atoms with Crippen LogP contribution in [-0.2, 0) is 4.74 Å². The molecular weight excluding hydrogens is 182 g/mol. The van der Waals surface area contributed by atoms with Gasteiger partial charge in [0, 0.05) is 25.4 Å². The third kappa shape index (κ3) is 8.34. The first-order valence-electron chi connectivity index (χ1n) is 4.91. The number of hydrogen-bond acceptors (Lipinski definition) is 3. The van der Waals surface area contributed by atoms with E-state index in [4.69, 9.17) is 4.74 Å². The molecule has 0 amide bonds. The van der Waals surface area contributed by atoms with Crippen molar-refractivity contribution in [3.05, 3.63) is 12.2 Å². The molecule has 0 unspecified atom stereocenters. The summed E-state index contributed by atoms with van der Waals surface area (Å²) in [6.45, 7) is 8.93. The molecule has 2 nitrogen and oxygen atoms in total. The summed E-state index contributed by atoms with van der Waals surface area (Å²) in [7, 11) is 0. The fourth-order valence-corrected chi connectivity index (χ4v) is 1.16. The third-order valence-electron chi connectivity index (χ3n) is 1.84. The van der Waals surface area contributed by atoms with Gasteiger partial charge in [0.2, 0.25) is 0 Å². The van der Waals surface area contributed by atoms with E-state index in [1.807, 2.05) is 6.92 Å². The first kappa shape index (κ1) is 13.0. The molecule has 0 spiro atoms. The van der Waals surface area contributed by atoms with Gasteiger partial charge in [0.15, 0.2) is 0 Å². The monoisotopic (exact) mass is 203 g/mol. The van der Waals surface area contributed by atoms with E-state index in [1.165, 1.54) is 0 Å². The van der Waals surface area contributed by atoms with Gasteiger partial charge < -0.3 is 4.74 Å². The first-order valence-corrected chi connectivity index (χ1v) is 5.54. The molecule has 0 bridgehead atoms. The highest BCUT2D eigenvalue weighted by atomic mass is 32.1. The highest BCUT2D eigenvalue weighted by Gasteiger charge is 1.97. The average Bonchev–Trinajstić information content (AvgIpc) is 2.16. The zero-order valence-corrected chi connectivity index (χ0v) is 9.59. The molecule has 0 aromatic heterocycles. The van der Waals surface area contributed by atoms with Gasteiger partial charge >= 0.3 is 0 Å². The van der Waals surface area contributed by atoms with Gasteiger partial charge in [-0.25, -0.2) is 0 Å². The van der Waals surface area contributed by atoms with Gasteiger partial charge in [0.25, 0.3) is 0 Å². The number of hydrogen-bond donors (Lipinski definition) is 1. The summed E-state index contributed by atoms with van der Waals surface area (Å²) >= 11 is 4.11. The Morgan fingerprint density at radius 1 is 1.31 bits per heavy atom. The molecule has 0 atom stereocenters. The highest BCUT2D eigenvalue weighted by molar-refractivity contribution is 7.80. The van der Waals surface area contributed by atoms with Crippen LogP contribution in [-0.4, -0.2) is 43.5 Å². The predicted octanol–water partition coefficient (Wildman–Crippen LogP) is 1.83. The molecule has 0 aliphatic carbocycles. The molecule has 0 radical (unpaired) electrons. The summed E-state index contributed by atoms with van der Waals surface area (Å²) in [5, 5.41) is 0. The number of thiol groups is 1. The first-order chi connectivity index (χ1) is 6.35. The summed E-state index contributed by atoms with van der Waals surface area (Å²) in [6.07, 6.45) is 4.23. The van der Waals surface area contributed by atoms with Gasteiger partial charge in [-0.3, -0.25) is 4.90 Å². The molecule has 0 rings (SSSR count). The van der Waals surface area contributed by atoms with Crippen LogP contribution in [0.1, 0.15) is 13.8 Å². The molecule has 0 saturated heterocycles. The Morgan fingerprint density at radius 2 is 2.08 bits per heavy atom. The fourth-order valence-electron chi connectivity index (χ4n) is 1.01. The van der Waals surface area contributed by atoms with E-state index in [2.05, 4.69) is 36.6 Å². The lowest BCUT2D eigenvalue weighted by Crippen LogP contribution is -2.27. The molecule has 78 valence electrons. The van der Waals surface area contributed by atoms with E-state index in [-0.39, 0.29) is 0 Å². The Kier molecular flexibility index (Phi) is 10.1. The van der Waals surface area contributed by atoms with Crippen molar-refractivity contribution in [2.24, 2.45) is 0 Å². The molecule has 0 fully saturated rings. The Labute approximate surface area is 87.4 Å². The van der Waals surface area contributed by atoms with Crippen LogP contribution in [0.25, 0.3) is 0 Å². The minimum Gasteiger partial charge on any atom is -0.380 e. The Balaban J connectivity index is 3.45. The highest BCUT2D eigenvalue weighted by Crippen LogP contribution is 1.89. The van der Waals surface area contributed by atoms with Crippen molar-refractivity contribution in [2.75, 3.05) is 38.6 Å². The lowest BCUT2D eigenvalue weighted by Gasteiger charge is -2.17. The van der Waals surface area contributed by atoms with Crippen molar-refractivity contribution < 1.29 is 4.74 Å².